The van der Waals surface area contributed by atoms with Crippen molar-refractivity contribution < 1.29 is 27.5 Å². The van der Waals surface area contributed by atoms with E-state index in [0.717, 1.165) is 53.1 Å². The van der Waals surface area contributed by atoms with Crippen molar-refractivity contribution in [3.8, 4) is 11.5 Å². The maximum absolute atomic E-state index is 14.8. The summed E-state index contributed by atoms with van der Waals surface area (Å²) in [5, 5.41) is 3.24. The quantitative estimate of drug-likeness (QED) is 0.167. The number of nitrogens with one attached hydrogen (secondary N) is 1. The van der Waals surface area contributed by atoms with E-state index in [-0.39, 0.29) is 29.8 Å². The van der Waals surface area contributed by atoms with Crippen LogP contribution in [0.1, 0.15) is 48.8 Å². The minimum atomic E-state index is -4.21. The van der Waals surface area contributed by atoms with Crippen molar-refractivity contribution in [1.82, 2.24) is 10.2 Å². The number of ether oxygens (including phenoxy) is 2. The summed E-state index contributed by atoms with van der Waals surface area (Å²) in [6.45, 7) is 1.41. The number of hydrogen-bond donors (Lipinski definition) is 1. The van der Waals surface area contributed by atoms with Crippen molar-refractivity contribution in [1.29, 1.82) is 0 Å². The lowest BCUT2D eigenvalue weighted by atomic mass is 9.94. The van der Waals surface area contributed by atoms with Gasteiger partial charge in [-0.25, -0.2) is 8.42 Å². The number of amides is 2. The van der Waals surface area contributed by atoms with Gasteiger partial charge in [-0.2, -0.15) is 0 Å². The molecule has 0 aromatic heterocycles. The highest BCUT2D eigenvalue weighted by Gasteiger charge is 2.35. The molecular formula is C39H45N3O6S. The number of carbonyl (C=O) groups is 2. The molecule has 0 bridgehead atoms. The van der Waals surface area contributed by atoms with E-state index in [2.05, 4.69) is 5.32 Å². The van der Waals surface area contributed by atoms with Gasteiger partial charge in [0.2, 0.25) is 11.8 Å². The first kappa shape index (κ1) is 35.5. The fourth-order valence-electron chi connectivity index (χ4n) is 6.18. The second-order valence-electron chi connectivity index (χ2n) is 12.4. The average Bonchev–Trinajstić information content (AvgIpc) is 3.13. The number of benzene rings is 4. The first-order valence-corrected chi connectivity index (χ1v) is 18.1. The van der Waals surface area contributed by atoms with Crippen LogP contribution in [0.5, 0.6) is 11.5 Å². The van der Waals surface area contributed by atoms with Crippen LogP contribution in [0.4, 0.5) is 5.69 Å². The highest BCUT2D eigenvalue weighted by atomic mass is 32.2. The van der Waals surface area contributed by atoms with Gasteiger partial charge < -0.3 is 19.7 Å². The highest BCUT2D eigenvalue weighted by molar-refractivity contribution is 7.92. The van der Waals surface area contributed by atoms with Crippen LogP contribution < -0.4 is 19.1 Å². The average molecular weight is 684 g/mol. The Hall–Kier alpha value is -4.83. The van der Waals surface area contributed by atoms with E-state index in [1.165, 1.54) is 24.1 Å². The third kappa shape index (κ3) is 9.20. The smallest absolute Gasteiger partial charge is 0.264 e. The zero-order chi connectivity index (χ0) is 34.8. The lowest BCUT2D eigenvalue weighted by Gasteiger charge is -2.35. The standard InChI is InChI=1S/C39H45N3O6S/c1-29-17-23-36(24-18-29)49(45,46)42(33-19-21-34(47-2)22-20-33)28-38(43)41(27-31-13-10-16-35(25-31)48-3)37(26-30-11-6-4-7-12-30)39(44)40-32-14-8-5-9-15-32/h4,6-7,10-13,16-25,32,37H,5,8-9,14-15,26-28H2,1-3H3,(H,40,44)/t37-/m1/s1. The van der Waals surface area contributed by atoms with Crippen LogP contribution in [0.25, 0.3) is 0 Å². The fourth-order valence-corrected chi connectivity index (χ4v) is 7.59. The van der Waals surface area contributed by atoms with Gasteiger partial charge in [0.1, 0.15) is 24.1 Å². The number of methoxy groups -OCH3 is 2. The van der Waals surface area contributed by atoms with Gasteiger partial charge in [0.25, 0.3) is 10.0 Å². The summed E-state index contributed by atoms with van der Waals surface area (Å²) >= 11 is 0. The summed E-state index contributed by atoms with van der Waals surface area (Å²) < 4.78 is 40.5. The molecule has 2 amide bonds. The Labute approximate surface area is 289 Å². The Bertz CT molecular complexity index is 1790. The van der Waals surface area contributed by atoms with Crippen LogP contribution in [0.3, 0.4) is 0 Å². The number of sulfonamides is 1. The number of nitrogens with zero attached hydrogens (tertiary/aromatic N) is 2. The molecule has 0 unspecified atom stereocenters. The van der Waals surface area contributed by atoms with E-state index in [1.807, 2.05) is 61.5 Å². The van der Waals surface area contributed by atoms with Gasteiger partial charge in [-0.3, -0.25) is 13.9 Å². The minimum absolute atomic E-state index is 0.0195. The first-order chi connectivity index (χ1) is 23.7. The molecule has 1 fully saturated rings. The number of anilines is 1. The molecule has 5 rings (SSSR count). The van der Waals surface area contributed by atoms with E-state index in [9.17, 15) is 18.0 Å². The van der Waals surface area contributed by atoms with Crippen LogP contribution in [0.2, 0.25) is 0 Å². The molecule has 258 valence electrons. The lowest BCUT2D eigenvalue weighted by Crippen LogP contribution is -2.55. The van der Waals surface area contributed by atoms with Gasteiger partial charge in [0.15, 0.2) is 0 Å². The van der Waals surface area contributed by atoms with E-state index in [1.54, 1.807) is 43.5 Å². The van der Waals surface area contributed by atoms with Crippen LogP contribution >= 0.6 is 0 Å². The summed E-state index contributed by atoms with van der Waals surface area (Å²) in [6.07, 6.45) is 5.23. The third-order valence-corrected chi connectivity index (χ3v) is 10.7. The summed E-state index contributed by atoms with van der Waals surface area (Å²) in [7, 11) is -1.11. The van der Waals surface area contributed by atoms with Crippen LogP contribution in [-0.4, -0.2) is 58.0 Å². The van der Waals surface area contributed by atoms with Crippen molar-refractivity contribution >= 4 is 27.5 Å². The van der Waals surface area contributed by atoms with Crippen LogP contribution in [-0.2, 0) is 32.6 Å². The molecule has 0 radical (unpaired) electrons. The molecule has 9 nitrogen and oxygen atoms in total. The summed E-state index contributed by atoms with van der Waals surface area (Å²) in [4.78, 5) is 30.6. The Balaban J connectivity index is 1.57. The Morgan fingerprint density at radius 3 is 2.10 bits per heavy atom. The zero-order valence-corrected chi connectivity index (χ0v) is 29.2. The summed E-state index contributed by atoms with van der Waals surface area (Å²) in [6, 6.07) is 29.1. The van der Waals surface area contributed by atoms with E-state index in [4.69, 9.17) is 9.47 Å². The topological polar surface area (TPSA) is 105 Å². The Kier molecular flexibility index (Phi) is 12.0. The molecule has 1 saturated carbocycles. The molecule has 0 spiro atoms. The second-order valence-corrected chi connectivity index (χ2v) is 14.3. The maximum Gasteiger partial charge on any atom is 0.264 e. The van der Waals surface area contributed by atoms with Gasteiger partial charge in [0.05, 0.1) is 24.8 Å². The molecule has 0 aliphatic heterocycles. The van der Waals surface area contributed by atoms with Crippen LogP contribution in [0.15, 0.2) is 108 Å². The largest absolute Gasteiger partial charge is 0.497 e. The number of aryl methyl sites for hydroxylation is 1. The number of hydrogen-bond acceptors (Lipinski definition) is 6. The fraction of sp³-hybridized carbons (Fsp3) is 0.333. The van der Waals surface area contributed by atoms with Crippen LogP contribution in [0, 0.1) is 6.92 Å². The maximum atomic E-state index is 14.8. The van der Waals surface area contributed by atoms with E-state index < -0.39 is 28.5 Å². The third-order valence-electron chi connectivity index (χ3n) is 8.96. The van der Waals surface area contributed by atoms with E-state index >= 15 is 0 Å². The Morgan fingerprint density at radius 1 is 0.796 bits per heavy atom. The molecule has 4 aromatic rings. The van der Waals surface area contributed by atoms with Crippen molar-refractivity contribution in [3.63, 3.8) is 0 Å². The molecule has 1 N–H and O–H groups in total. The second kappa shape index (κ2) is 16.5. The molecule has 0 saturated heterocycles. The Morgan fingerprint density at radius 2 is 1.45 bits per heavy atom. The SMILES string of the molecule is COc1ccc(N(CC(=O)N(Cc2cccc(OC)c2)[C@H](Cc2ccccc2)C(=O)NC2CCCCC2)S(=O)(=O)c2ccc(C)cc2)cc1. The van der Waals surface area contributed by atoms with Crippen molar-refractivity contribution in [2.24, 2.45) is 0 Å². The molecule has 1 atom stereocenters. The monoisotopic (exact) mass is 683 g/mol. The van der Waals surface area contributed by atoms with Gasteiger partial charge in [-0.15, -0.1) is 0 Å². The van der Waals surface area contributed by atoms with Crippen molar-refractivity contribution in [2.45, 2.75) is 69.0 Å². The first-order valence-electron chi connectivity index (χ1n) is 16.7. The van der Waals surface area contributed by atoms with Crippen molar-refractivity contribution in [2.75, 3.05) is 25.1 Å². The molecule has 0 heterocycles. The normalized spacial score (nSPS) is 14.0. The summed E-state index contributed by atoms with van der Waals surface area (Å²) in [5.74, 6) is 0.376. The molecule has 49 heavy (non-hydrogen) atoms. The van der Waals surface area contributed by atoms with Gasteiger partial charge in [-0.05, 0) is 79.4 Å². The number of carbonyl (C=O) groups excluding carboxylic acids is 2. The molecule has 1 aliphatic carbocycles. The minimum Gasteiger partial charge on any atom is -0.497 e. The molecule has 4 aromatic carbocycles. The van der Waals surface area contributed by atoms with Gasteiger partial charge >= 0.3 is 0 Å². The van der Waals surface area contributed by atoms with Gasteiger partial charge in [-0.1, -0.05) is 79.4 Å². The molecule has 1 aliphatic rings. The lowest BCUT2D eigenvalue weighted by molar-refractivity contribution is -0.140. The van der Waals surface area contributed by atoms with E-state index in [0.29, 0.717) is 17.2 Å². The van der Waals surface area contributed by atoms with Gasteiger partial charge in [0, 0.05) is 19.0 Å². The predicted octanol–water partition coefficient (Wildman–Crippen LogP) is 6.30. The predicted molar refractivity (Wildman–Crippen MR) is 191 cm³/mol. The molecule has 10 heteroatoms. The van der Waals surface area contributed by atoms with Crippen molar-refractivity contribution in [3.05, 3.63) is 120 Å². The number of rotatable bonds is 14. The summed E-state index contributed by atoms with van der Waals surface area (Å²) in [5.41, 5.74) is 2.83. The molecular weight excluding hydrogens is 639 g/mol. The highest BCUT2D eigenvalue weighted by Crippen LogP contribution is 2.28. The zero-order valence-electron chi connectivity index (χ0n) is 28.4.